The van der Waals surface area contributed by atoms with Gasteiger partial charge in [-0.1, -0.05) is 0 Å². The largest absolute Gasteiger partial charge is 0.370 e. The summed E-state index contributed by atoms with van der Waals surface area (Å²) in [5, 5.41) is 5.86. The molecule has 19 heavy (non-hydrogen) atoms. The van der Waals surface area contributed by atoms with Gasteiger partial charge in [0.25, 0.3) is 5.91 Å². The summed E-state index contributed by atoms with van der Waals surface area (Å²) in [7, 11) is 4.02. The van der Waals surface area contributed by atoms with E-state index in [0.29, 0.717) is 5.70 Å². The molecule has 1 aliphatic rings. The summed E-state index contributed by atoms with van der Waals surface area (Å²) in [5.74, 6) is -0.379. The molecule has 2 aromatic rings. The van der Waals surface area contributed by atoms with E-state index in [1.807, 2.05) is 20.2 Å². The van der Waals surface area contributed by atoms with Gasteiger partial charge in [-0.05, 0) is 18.2 Å². The second-order valence-corrected chi connectivity index (χ2v) is 6.50. The number of amides is 3. The fourth-order valence-electron chi connectivity index (χ4n) is 1.76. The lowest BCUT2D eigenvalue weighted by molar-refractivity contribution is -0.115. The highest BCUT2D eigenvalue weighted by Crippen LogP contribution is 2.37. The van der Waals surface area contributed by atoms with Crippen LogP contribution in [0.1, 0.15) is 4.88 Å². The molecular weight excluding hydrogens is 282 g/mol. The molecule has 2 N–H and O–H groups in total. The third kappa shape index (κ3) is 2.22. The molecule has 1 aliphatic heterocycles. The standard InChI is InChI=1S/C12H11N3O2S2/c1-15(2)10-5-9-8(19-10)4-6(18-9)3-7-11(16)14-12(17)13-7/h3-5H,1-2H3,(H2,13,14,16,17)/b7-3-. The van der Waals surface area contributed by atoms with Crippen LogP contribution in [0.25, 0.3) is 15.5 Å². The molecule has 3 rings (SSSR count). The van der Waals surface area contributed by atoms with Crippen LogP contribution in [0.5, 0.6) is 0 Å². The van der Waals surface area contributed by atoms with Crippen LogP contribution in [0.3, 0.4) is 0 Å². The summed E-state index contributed by atoms with van der Waals surface area (Å²) in [6, 6.07) is 3.69. The highest BCUT2D eigenvalue weighted by Gasteiger charge is 2.23. The van der Waals surface area contributed by atoms with Gasteiger partial charge in [-0.25, -0.2) is 4.79 Å². The van der Waals surface area contributed by atoms with Crippen LogP contribution in [0.15, 0.2) is 17.8 Å². The molecule has 2 aromatic heterocycles. The van der Waals surface area contributed by atoms with E-state index in [9.17, 15) is 9.59 Å². The second-order valence-electron chi connectivity index (χ2n) is 4.32. The number of carbonyl (C=O) groups is 2. The second kappa shape index (κ2) is 4.36. The van der Waals surface area contributed by atoms with Crippen LogP contribution in [0, 0.1) is 0 Å². The Kier molecular flexibility index (Phi) is 2.79. The van der Waals surface area contributed by atoms with Crippen molar-refractivity contribution in [1.29, 1.82) is 0 Å². The van der Waals surface area contributed by atoms with Crippen LogP contribution in [0.2, 0.25) is 0 Å². The average molecular weight is 293 g/mol. The molecular formula is C12H11N3O2S2. The number of urea groups is 1. The first-order valence-electron chi connectivity index (χ1n) is 5.57. The summed E-state index contributed by atoms with van der Waals surface area (Å²) in [6.07, 6.45) is 1.70. The lowest BCUT2D eigenvalue weighted by Gasteiger charge is -2.06. The van der Waals surface area contributed by atoms with E-state index in [-0.39, 0.29) is 5.91 Å². The zero-order chi connectivity index (χ0) is 13.6. The SMILES string of the molecule is CN(C)c1cc2sc(/C=C3\NC(=O)NC3=O)cc2s1. The van der Waals surface area contributed by atoms with Crippen molar-refractivity contribution in [2.24, 2.45) is 0 Å². The number of nitrogens with zero attached hydrogens (tertiary/aromatic N) is 1. The maximum atomic E-state index is 11.4. The minimum Gasteiger partial charge on any atom is -0.370 e. The number of imide groups is 1. The van der Waals surface area contributed by atoms with Gasteiger partial charge in [0.15, 0.2) is 0 Å². The lowest BCUT2D eigenvalue weighted by Crippen LogP contribution is -2.22. The molecule has 3 amide bonds. The van der Waals surface area contributed by atoms with Gasteiger partial charge in [0.05, 0.1) is 5.00 Å². The zero-order valence-electron chi connectivity index (χ0n) is 10.3. The fraction of sp³-hybridized carbons (Fsp3) is 0.167. The maximum absolute atomic E-state index is 11.4. The Balaban J connectivity index is 1.94. The number of hydrogen-bond acceptors (Lipinski definition) is 5. The van der Waals surface area contributed by atoms with E-state index >= 15 is 0 Å². The molecule has 0 radical (unpaired) electrons. The lowest BCUT2D eigenvalue weighted by atomic mass is 10.3. The van der Waals surface area contributed by atoms with E-state index in [0.717, 1.165) is 4.88 Å². The quantitative estimate of drug-likeness (QED) is 0.659. The summed E-state index contributed by atoms with van der Waals surface area (Å²) < 4.78 is 2.37. The fourth-order valence-corrected chi connectivity index (χ4v) is 4.02. The number of rotatable bonds is 2. The molecule has 98 valence electrons. The van der Waals surface area contributed by atoms with Crippen LogP contribution in [-0.4, -0.2) is 26.0 Å². The predicted octanol–water partition coefficient (Wildman–Crippen LogP) is 2.21. The monoisotopic (exact) mass is 293 g/mol. The van der Waals surface area contributed by atoms with Gasteiger partial charge in [-0.15, -0.1) is 22.7 Å². The Bertz CT molecular complexity index is 680. The summed E-state index contributed by atoms with van der Waals surface area (Å²) >= 11 is 3.31. The Hall–Kier alpha value is -1.86. The molecule has 1 fully saturated rings. The van der Waals surface area contributed by atoms with E-state index in [2.05, 4.69) is 21.6 Å². The summed E-state index contributed by atoms with van der Waals surface area (Å²) in [5.41, 5.74) is 0.298. The molecule has 7 heteroatoms. The smallest absolute Gasteiger partial charge is 0.326 e. The van der Waals surface area contributed by atoms with Crippen LogP contribution in [0.4, 0.5) is 9.80 Å². The number of hydrogen-bond donors (Lipinski definition) is 2. The van der Waals surface area contributed by atoms with Gasteiger partial charge in [0.1, 0.15) is 5.70 Å². The van der Waals surface area contributed by atoms with E-state index in [1.54, 1.807) is 28.7 Å². The van der Waals surface area contributed by atoms with Gasteiger partial charge in [-0.2, -0.15) is 0 Å². The van der Waals surface area contributed by atoms with E-state index in [4.69, 9.17) is 0 Å². The number of thiophene rings is 2. The van der Waals surface area contributed by atoms with Crippen molar-refractivity contribution in [2.75, 3.05) is 19.0 Å². The Morgan fingerprint density at radius 3 is 2.42 bits per heavy atom. The molecule has 0 unspecified atom stereocenters. The maximum Gasteiger partial charge on any atom is 0.326 e. The topological polar surface area (TPSA) is 61.4 Å². The minimum absolute atomic E-state index is 0.298. The molecule has 0 bridgehead atoms. The molecule has 0 aromatic carbocycles. The van der Waals surface area contributed by atoms with Crippen molar-refractivity contribution in [2.45, 2.75) is 0 Å². The van der Waals surface area contributed by atoms with Gasteiger partial charge < -0.3 is 10.2 Å². The first-order chi connectivity index (χ1) is 9.02. The minimum atomic E-state index is -0.468. The van der Waals surface area contributed by atoms with Crippen molar-refractivity contribution in [3.63, 3.8) is 0 Å². The average Bonchev–Trinajstić information content (AvgIpc) is 2.92. The Labute approximate surface area is 117 Å². The molecule has 5 nitrogen and oxygen atoms in total. The van der Waals surface area contributed by atoms with Crippen molar-refractivity contribution in [3.05, 3.63) is 22.7 Å². The number of anilines is 1. The number of carbonyl (C=O) groups excluding carboxylic acids is 2. The number of nitrogens with one attached hydrogen (secondary N) is 2. The molecule has 0 atom stereocenters. The molecule has 0 spiro atoms. The Morgan fingerprint density at radius 2 is 1.84 bits per heavy atom. The first kappa shape index (κ1) is 12.2. The summed E-state index contributed by atoms with van der Waals surface area (Å²) in [6.45, 7) is 0. The van der Waals surface area contributed by atoms with Crippen LogP contribution >= 0.6 is 22.7 Å². The van der Waals surface area contributed by atoms with Gasteiger partial charge in [0, 0.05) is 28.4 Å². The predicted molar refractivity (Wildman–Crippen MR) is 78.7 cm³/mol. The van der Waals surface area contributed by atoms with E-state index in [1.165, 1.54) is 14.4 Å². The molecule has 0 saturated carbocycles. The van der Waals surface area contributed by atoms with Gasteiger partial charge >= 0.3 is 6.03 Å². The zero-order valence-corrected chi connectivity index (χ0v) is 11.9. The summed E-state index contributed by atoms with van der Waals surface area (Å²) in [4.78, 5) is 25.5. The molecule has 3 heterocycles. The first-order valence-corrected chi connectivity index (χ1v) is 7.21. The van der Waals surface area contributed by atoms with E-state index < -0.39 is 6.03 Å². The molecule has 0 aliphatic carbocycles. The van der Waals surface area contributed by atoms with Gasteiger partial charge in [-0.3, -0.25) is 10.1 Å². The third-order valence-electron chi connectivity index (χ3n) is 2.66. The third-order valence-corrected chi connectivity index (χ3v) is 5.07. The van der Waals surface area contributed by atoms with Crippen molar-refractivity contribution in [1.82, 2.24) is 10.6 Å². The number of fused-ring (bicyclic) bond motifs is 1. The van der Waals surface area contributed by atoms with Gasteiger partial charge in [0.2, 0.25) is 0 Å². The van der Waals surface area contributed by atoms with Crippen molar-refractivity contribution in [3.8, 4) is 0 Å². The van der Waals surface area contributed by atoms with Crippen molar-refractivity contribution >= 4 is 55.1 Å². The van der Waals surface area contributed by atoms with Crippen molar-refractivity contribution < 1.29 is 9.59 Å². The highest BCUT2D eigenvalue weighted by molar-refractivity contribution is 7.30. The normalized spacial score (nSPS) is 17.1. The Morgan fingerprint density at radius 1 is 1.11 bits per heavy atom. The van der Waals surface area contributed by atoms with Crippen LogP contribution in [-0.2, 0) is 4.79 Å². The molecule has 1 saturated heterocycles. The highest BCUT2D eigenvalue weighted by atomic mass is 32.1. The van der Waals surface area contributed by atoms with Crippen LogP contribution < -0.4 is 15.5 Å².